The van der Waals surface area contributed by atoms with Crippen molar-refractivity contribution in [2.45, 2.75) is 6.61 Å². The molecule has 27 heavy (non-hydrogen) atoms. The Hall–Kier alpha value is -2.56. The Labute approximate surface area is 167 Å². The van der Waals surface area contributed by atoms with Gasteiger partial charge in [0.15, 0.2) is 5.75 Å². The monoisotopic (exact) mass is 403 g/mol. The highest BCUT2D eigenvalue weighted by molar-refractivity contribution is 6.37. The summed E-state index contributed by atoms with van der Waals surface area (Å²) in [5.74, 6) is 0.729. The minimum Gasteiger partial charge on any atom is -0.497 e. The highest BCUT2D eigenvalue weighted by Gasteiger charge is 2.11. The molecule has 0 radical (unpaired) electrons. The molecule has 0 atom stereocenters. The standard InChI is InChI=1S/C21H16Cl2FNO2/c1-26-17-8-6-16(7-9-17)25-12-14-10-18(22)21(19(23)11-14)27-13-15-4-2-3-5-20(15)24/h2-12H,13H2,1H3. The second-order valence-corrected chi connectivity index (χ2v) is 6.46. The van der Waals surface area contributed by atoms with Crippen LogP contribution in [0.1, 0.15) is 11.1 Å². The number of rotatable bonds is 6. The molecule has 0 saturated carbocycles. The fourth-order valence-corrected chi connectivity index (χ4v) is 2.99. The van der Waals surface area contributed by atoms with Crippen molar-refractivity contribution in [2.75, 3.05) is 7.11 Å². The molecule has 0 spiro atoms. The summed E-state index contributed by atoms with van der Waals surface area (Å²) >= 11 is 12.6. The lowest BCUT2D eigenvalue weighted by Crippen LogP contribution is -1.99. The fourth-order valence-electron chi connectivity index (χ4n) is 2.37. The fraction of sp³-hybridized carbons (Fsp3) is 0.0952. The molecule has 0 saturated heterocycles. The topological polar surface area (TPSA) is 30.8 Å². The van der Waals surface area contributed by atoms with Gasteiger partial charge in [0, 0.05) is 11.8 Å². The Morgan fingerprint density at radius 2 is 1.67 bits per heavy atom. The zero-order valence-corrected chi connectivity index (χ0v) is 16.0. The number of nitrogens with zero attached hydrogens (tertiary/aromatic N) is 1. The van der Waals surface area contributed by atoms with Crippen molar-refractivity contribution in [3.05, 3.63) is 87.7 Å². The first-order valence-corrected chi connectivity index (χ1v) is 8.86. The van der Waals surface area contributed by atoms with Gasteiger partial charge in [0.25, 0.3) is 0 Å². The molecule has 0 aliphatic rings. The van der Waals surface area contributed by atoms with E-state index in [0.717, 1.165) is 17.0 Å². The van der Waals surface area contributed by atoms with Crippen LogP contribution in [0, 0.1) is 5.82 Å². The Morgan fingerprint density at radius 3 is 2.30 bits per heavy atom. The average Bonchev–Trinajstić information content (AvgIpc) is 2.67. The van der Waals surface area contributed by atoms with E-state index in [1.807, 2.05) is 24.3 Å². The van der Waals surface area contributed by atoms with Gasteiger partial charge >= 0.3 is 0 Å². The van der Waals surface area contributed by atoms with E-state index in [4.69, 9.17) is 32.7 Å². The number of aliphatic imine (C=N–C) groups is 1. The van der Waals surface area contributed by atoms with E-state index in [-0.39, 0.29) is 12.4 Å². The normalized spacial score (nSPS) is 11.0. The maximum Gasteiger partial charge on any atom is 0.157 e. The first kappa shape index (κ1) is 19.2. The molecule has 0 aromatic heterocycles. The third kappa shape index (κ3) is 5.00. The lowest BCUT2D eigenvalue weighted by molar-refractivity contribution is 0.300. The molecule has 0 N–H and O–H groups in total. The van der Waals surface area contributed by atoms with E-state index >= 15 is 0 Å². The molecule has 6 heteroatoms. The molecule has 0 aliphatic carbocycles. The molecule has 0 aliphatic heterocycles. The summed E-state index contributed by atoms with van der Waals surface area (Å²) in [4.78, 5) is 4.38. The summed E-state index contributed by atoms with van der Waals surface area (Å²) in [6, 6.07) is 17.1. The summed E-state index contributed by atoms with van der Waals surface area (Å²) in [7, 11) is 1.61. The van der Waals surface area contributed by atoms with Gasteiger partial charge in [-0.2, -0.15) is 0 Å². The molecule has 0 heterocycles. The van der Waals surface area contributed by atoms with Gasteiger partial charge in [-0.1, -0.05) is 41.4 Å². The number of methoxy groups -OCH3 is 1. The van der Waals surface area contributed by atoms with E-state index in [0.29, 0.717) is 21.4 Å². The van der Waals surface area contributed by atoms with Crippen molar-refractivity contribution in [1.82, 2.24) is 0 Å². The summed E-state index contributed by atoms with van der Waals surface area (Å²) < 4.78 is 24.4. The third-order valence-corrected chi connectivity index (χ3v) is 4.35. The van der Waals surface area contributed by atoms with Crippen LogP contribution in [-0.2, 0) is 6.61 Å². The maximum absolute atomic E-state index is 13.7. The number of hydrogen-bond donors (Lipinski definition) is 0. The Bertz CT molecular complexity index is 936. The highest BCUT2D eigenvalue weighted by Crippen LogP contribution is 2.34. The molecule has 3 nitrogen and oxygen atoms in total. The highest BCUT2D eigenvalue weighted by atomic mass is 35.5. The Balaban J connectivity index is 1.74. The molecular weight excluding hydrogens is 388 g/mol. The van der Waals surface area contributed by atoms with Gasteiger partial charge in [-0.15, -0.1) is 0 Å². The van der Waals surface area contributed by atoms with Crippen LogP contribution in [0.3, 0.4) is 0 Å². The van der Waals surface area contributed by atoms with E-state index in [9.17, 15) is 4.39 Å². The van der Waals surface area contributed by atoms with E-state index in [1.54, 1.807) is 43.7 Å². The van der Waals surface area contributed by atoms with Gasteiger partial charge in [0.05, 0.1) is 22.8 Å². The quantitative estimate of drug-likeness (QED) is 0.441. The van der Waals surface area contributed by atoms with Gasteiger partial charge in [-0.05, 0) is 48.0 Å². The van der Waals surface area contributed by atoms with Crippen molar-refractivity contribution >= 4 is 35.1 Å². The maximum atomic E-state index is 13.7. The average molecular weight is 404 g/mol. The summed E-state index contributed by atoms with van der Waals surface area (Å²) in [5, 5.41) is 0.657. The Kier molecular flexibility index (Phi) is 6.32. The molecule has 0 unspecified atom stereocenters. The minimum atomic E-state index is -0.340. The van der Waals surface area contributed by atoms with Crippen LogP contribution >= 0.6 is 23.2 Å². The first-order valence-electron chi connectivity index (χ1n) is 8.10. The van der Waals surface area contributed by atoms with Crippen LogP contribution in [0.5, 0.6) is 11.5 Å². The van der Waals surface area contributed by atoms with Crippen LogP contribution in [-0.4, -0.2) is 13.3 Å². The van der Waals surface area contributed by atoms with Gasteiger partial charge in [0.1, 0.15) is 18.2 Å². The lowest BCUT2D eigenvalue weighted by atomic mass is 10.2. The Morgan fingerprint density at radius 1 is 1.00 bits per heavy atom. The van der Waals surface area contributed by atoms with Crippen LogP contribution in [0.4, 0.5) is 10.1 Å². The molecule has 0 bridgehead atoms. The minimum absolute atomic E-state index is 0.0331. The predicted octanol–water partition coefficient (Wildman–Crippen LogP) is 6.47. The van der Waals surface area contributed by atoms with Crippen LogP contribution < -0.4 is 9.47 Å². The molecule has 0 amide bonds. The van der Waals surface area contributed by atoms with E-state index in [2.05, 4.69) is 4.99 Å². The van der Waals surface area contributed by atoms with Gasteiger partial charge in [-0.25, -0.2) is 4.39 Å². The molecule has 138 valence electrons. The molecular formula is C21H16Cl2FNO2. The van der Waals surface area contributed by atoms with Crippen molar-refractivity contribution in [3.8, 4) is 11.5 Å². The number of halogens is 3. The zero-order valence-electron chi connectivity index (χ0n) is 14.5. The van der Waals surface area contributed by atoms with Crippen molar-refractivity contribution in [1.29, 1.82) is 0 Å². The molecule has 3 aromatic carbocycles. The predicted molar refractivity (Wildman–Crippen MR) is 107 cm³/mol. The molecule has 3 aromatic rings. The second kappa shape index (κ2) is 8.89. The van der Waals surface area contributed by atoms with Gasteiger partial charge < -0.3 is 9.47 Å². The van der Waals surface area contributed by atoms with Crippen molar-refractivity contribution in [3.63, 3.8) is 0 Å². The largest absolute Gasteiger partial charge is 0.497 e. The SMILES string of the molecule is COc1ccc(N=Cc2cc(Cl)c(OCc3ccccc3F)c(Cl)c2)cc1. The first-order chi connectivity index (χ1) is 13.1. The number of benzene rings is 3. The van der Waals surface area contributed by atoms with Crippen LogP contribution in [0.25, 0.3) is 0 Å². The summed E-state index contributed by atoms with van der Waals surface area (Å²) in [6.45, 7) is 0.0331. The van der Waals surface area contributed by atoms with Crippen molar-refractivity contribution in [2.24, 2.45) is 4.99 Å². The van der Waals surface area contributed by atoms with Gasteiger partial charge in [0.2, 0.25) is 0 Å². The smallest absolute Gasteiger partial charge is 0.157 e. The number of hydrogen-bond acceptors (Lipinski definition) is 3. The molecule has 3 rings (SSSR count). The molecule has 0 fully saturated rings. The van der Waals surface area contributed by atoms with E-state index in [1.165, 1.54) is 6.07 Å². The second-order valence-electron chi connectivity index (χ2n) is 5.65. The number of ether oxygens (including phenoxy) is 2. The third-order valence-electron chi connectivity index (χ3n) is 3.79. The summed E-state index contributed by atoms with van der Waals surface area (Å²) in [6.07, 6.45) is 1.65. The van der Waals surface area contributed by atoms with E-state index < -0.39 is 0 Å². The van der Waals surface area contributed by atoms with Crippen molar-refractivity contribution < 1.29 is 13.9 Å². The van der Waals surface area contributed by atoms with Gasteiger partial charge in [-0.3, -0.25) is 4.99 Å². The van der Waals surface area contributed by atoms with Crippen LogP contribution in [0.2, 0.25) is 10.0 Å². The van der Waals surface area contributed by atoms with Crippen LogP contribution in [0.15, 0.2) is 65.7 Å². The zero-order chi connectivity index (χ0) is 19.2. The summed E-state index contributed by atoms with van der Waals surface area (Å²) in [5.41, 5.74) is 1.91. The lowest BCUT2D eigenvalue weighted by Gasteiger charge is -2.11.